The highest BCUT2D eigenvalue weighted by Gasteiger charge is 2.25. The van der Waals surface area contributed by atoms with E-state index in [4.69, 9.17) is 4.74 Å². The number of nitrogens with one attached hydrogen (secondary N) is 1. The maximum absolute atomic E-state index is 10.9. The zero-order valence-corrected chi connectivity index (χ0v) is 12.7. The molecule has 0 aromatic heterocycles. The fourth-order valence-corrected chi connectivity index (χ4v) is 2.89. The lowest BCUT2D eigenvalue weighted by atomic mass is 9.96. The molecule has 1 heterocycles. The topological polar surface area (TPSA) is 64.4 Å². The molecule has 0 amide bonds. The Hall–Kier alpha value is -1.46. The third kappa shape index (κ3) is 4.25. The Balaban J connectivity index is 2.10. The van der Waals surface area contributed by atoms with E-state index in [-0.39, 0.29) is 16.7 Å². The Labute approximate surface area is 125 Å². The molecule has 1 aromatic carbocycles. The number of non-ortho nitro benzene ring substituents is 1. The molecule has 21 heavy (non-hydrogen) atoms. The molecule has 0 bridgehead atoms. The number of ether oxygens (including phenoxy) is 1. The van der Waals surface area contributed by atoms with Crippen LogP contribution in [0.2, 0.25) is 0 Å². The first kappa shape index (κ1) is 15.9. The average molecular weight is 292 g/mol. The first-order valence-corrected chi connectivity index (χ1v) is 7.70. The average Bonchev–Trinajstić information content (AvgIpc) is 3.01. The minimum absolute atomic E-state index is 0.158. The van der Waals surface area contributed by atoms with E-state index < -0.39 is 0 Å². The lowest BCUT2D eigenvalue weighted by Crippen LogP contribution is -2.36. The van der Waals surface area contributed by atoms with Gasteiger partial charge in [-0.15, -0.1) is 0 Å². The molecule has 1 aliphatic rings. The predicted octanol–water partition coefficient (Wildman–Crippen LogP) is 3.45. The minimum atomic E-state index is -0.333. The summed E-state index contributed by atoms with van der Waals surface area (Å²) < 4.78 is 5.45. The van der Waals surface area contributed by atoms with E-state index in [0.29, 0.717) is 12.0 Å². The fraction of sp³-hybridized carbons (Fsp3) is 0.625. The summed E-state index contributed by atoms with van der Waals surface area (Å²) in [5.74, 6) is 0.531. The summed E-state index contributed by atoms with van der Waals surface area (Å²) in [6.07, 6.45) is 3.09. The number of hydrogen-bond donors (Lipinski definition) is 1. The predicted molar refractivity (Wildman–Crippen MR) is 82.3 cm³/mol. The van der Waals surface area contributed by atoms with Crippen LogP contribution in [0.3, 0.4) is 0 Å². The second-order valence-electron chi connectivity index (χ2n) is 5.77. The van der Waals surface area contributed by atoms with Gasteiger partial charge in [0.2, 0.25) is 0 Å². The van der Waals surface area contributed by atoms with Gasteiger partial charge in [-0.05, 0) is 31.2 Å². The van der Waals surface area contributed by atoms with Crippen molar-refractivity contribution in [3.05, 3.63) is 39.9 Å². The van der Waals surface area contributed by atoms with Crippen LogP contribution in [0.25, 0.3) is 0 Å². The van der Waals surface area contributed by atoms with Crippen LogP contribution in [0, 0.1) is 16.0 Å². The zero-order chi connectivity index (χ0) is 15.2. The monoisotopic (exact) mass is 292 g/mol. The molecule has 1 fully saturated rings. The third-order valence-electron chi connectivity index (χ3n) is 4.20. The first-order valence-electron chi connectivity index (χ1n) is 7.70. The summed E-state index contributed by atoms with van der Waals surface area (Å²) in [5, 5.41) is 14.6. The summed E-state index contributed by atoms with van der Waals surface area (Å²) in [6.45, 7) is 5.96. The van der Waals surface area contributed by atoms with Crippen molar-refractivity contribution in [1.82, 2.24) is 5.32 Å². The molecule has 3 unspecified atom stereocenters. The van der Waals surface area contributed by atoms with Crippen molar-refractivity contribution in [3.63, 3.8) is 0 Å². The van der Waals surface area contributed by atoms with Gasteiger partial charge in [-0.2, -0.15) is 0 Å². The first-order chi connectivity index (χ1) is 10.1. The molecule has 5 nitrogen and oxygen atoms in total. The van der Waals surface area contributed by atoms with Gasteiger partial charge in [-0.3, -0.25) is 10.1 Å². The Morgan fingerprint density at radius 3 is 2.95 bits per heavy atom. The molecule has 1 aromatic rings. The Bertz CT molecular complexity index is 472. The van der Waals surface area contributed by atoms with Crippen molar-refractivity contribution >= 4 is 5.69 Å². The smallest absolute Gasteiger partial charge is 0.269 e. The van der Waals surface area contributed by atoms with Gasteiger partial charge in [0, 0.05) is 30.8 Å². The van der Waals surface area contributed by atoms with E-state index in [9.17, 15) is 10.1 Å². The second kappa shape index (κ2) is 7.52. The van der Waals surface area contributed by atoms with E-state index in [2.05, 4.69) is 19.2 Å². The van der Waals surface area contributed by atoms with Crippen molar-refractivity contribution in [3.8, 4) is 0 Å². The van der Waals surface area contributed by atoms with Crippen molar-refractivity contribution in [2.75, 3.05) is 13.2 Å². The lowest BCUT2D eigenvalue weighted by Gasteiger charge is -2.26. The summed E-state index contributed by atoms with van der Waals surface area (Å²) in [5.41, 5.74) is 1.16. The van der Waals surface area contributed by atoms with Crippen LogP contribution in [-0.4, -0.2) is 24.2 Å². The number of rotatable bonds is 7. The highest BCUT2D eigenvalue weighted by Crippen LogP contribution is 2.25. The van der Waals surface area contributed by atoms with Crippen LogP contribution in [0.15, 0.2) is 24.3 Å². The third-order valence-corrected chi connectivity index (χ3v) is 4.20. The maximum Gasteiger partial charge on any atom is 0.269 e. The van der Waals surface area contributed by atoms with Crippen LogP contribution in [-0.2, 0) is 4.74 Å². The number of nitrogens with zero attached hydrogens (tertiary/aromatic N) is 1. The molecule has 5 heteroatoms. The number of nitro groups is 1. The van der Waals surface area contributed by atoms with Crippen molar-refractivity contribution < 1.29 is 9.66 Å². The van der Waals surface area contributed by atoms with E-state index in [1.165, 1.54) is 0 Å². The van der Waals surface area contributed by atoms with Crippen molar-refractivity contribution in [1.29, 1.82) is 0 Å². The van der Waals surface area contributed by atoms with Gasteiger partial charge < -0.3 is 10.1 Å². The fourth-order valence-electron chi connectivity index (χ4n) is 2.89. The normalized spacial score (nSPS) is 21.1. The van der Waals surface area contributed by atoms with Crippen LogP contribution >= 0.6 is 0 Å². The summed E-state index contributed by atoms with van der Waals surface area (Å²) in [4.78, 5) is 10.6. The van der Waals surface area contributed by atoms with Crippen LogP contribution in [0.5, 0.6) is 0 Å². The van der Waals surface area contributed by atoms with Gasteiger partial charge in [0.25, 0.3) is 5.69 Å². The van der Waals surface area contributed by atoms with E-state index in [1.54, 1.807) is 18.2 Å². The Morgan fingerprint density at radius 2 is 2.33 bits per heavy atom. The molecule has 1 N–H and O–H groups in total. The van der Waals surface area contributed by atoms with E-state index >= 15 is 0 Å². The number of benzene rings is 1. The summed E-state index contributed by atoms with van der Waals surface area (Å²) >= 11 is 0. The van der Waals surface area contributed by atoms with Crippen LogP contribution in [0.1, 0.15) is 44.7 Å². The van der Waals surface area contributed by atoms with Crippen LogP contribution in [0.4, 0.5) is 5.69 Å². The summed E-state index contributed by atoms with van der Waals surface area (Å²) in [6, 6.07) is 7.47. The van der Waals surface area contributed by atoms with Gasteiger partial charge in [0.05, 0.1) is 11.5 Å². The molecule has 0 spiro atoms. The molecule has 0 radical (unpaired) electrons. The largest absolute Gasteiger partial charge is 0.381 e. The maximum atomic E-state index is 10.9. The van der Waals surface area contributed by atoms with Crippen molar-refractivity contribution in [2.24, 2.45) is 5.92 Å². The SMILES string of the molecule is CCCC(NC(C)C1CCOC1)c1cccc([N+](=O)[O-])c1. The number of hydrogen-bond acceptors (Lipinski definition) is 4. The molecule has 2 rings (SSSR count). The zero-order valence-electron chi connectivity index (χ0n) is 12.7. The van der Waals surface area contributed by atoms with E-state index in [0.717, 1.165) is 38.0 Å². The number of nitro benzene ring substituents is 1. The van der Waals surface area contributed by atoms with E-state index in [1.807, 2.05) is 6.07 Å². The molecule has 0 saturated carbocycles. The lowest BCUT2D eigenvalue weighted by molar-refractivity contribution is -0.384. The quantitative estimate of drug-likeness (QED) is 0.617. The second-order valence-corrected chi connectivity index (χ2v) is 5.77. The molecule has 0 aliphatic carbocycles. The van der Waals surface area contributed by atoms with Gasteiger partial charge in [0.15, 0.2) is 0 Å². The molecule has 1 aliphatic heterocycles. The van der Waals surface area contributed by atoms with Crippen molar-refractivity contribution in [2.45, 2.75) is 45.2 Å². The minimum Gasteiger partial charge on any atom is -0.381 e. The highest BCUT2D eigenvalue weighted by atomic mass is 16.6. The Kier molecular flexibility index (Phi) is 5.70. The molecule has 116 valence electrons. The van der Waals surface area contributed by atoms with Crippen LogP contribution < -0.4 is 5.32 Å². The van der Waals surface area contributed by atoms with Gasteiger partial charge >= 0.3 is 0 Å². The summed E-state index contributed by atoms with van der Waals surface area (Å²) in [7, 11) is 0. The Morgan fingerprint density at radius 1 is 1.52 bits per heavy atom. The van der Waals surface area contributed by atoms with Gasteiger partial charge in [-0.1, -0.05) is 25.5 Å². The molecular formula is C16H24N2O3. The highest BCUT2D eigenvalue weighted by molar-refractivity contribution is 5.35. The van der Waals surface area contributed by atoms with Gasteiger partial charge in [-0.25, -0.2) is 0 Å². The molecular weight excluding hydrogens is 268 g/mol. The molecule has 1 saturated heterocycles. The van der Waals surface area contributed by atoms with Gasteiger partial charge in [0.1, 0.15) is 0 Å². The standard InChI is InChI=1S/C16H24N2O3/c1-3-5-16(17-12(2)14-8-9-21-11-14)13-6-4-7-15(10-13)18(19)20/h4,6-7,10,12,14,16-17H,3,5,8-9,11H2,1-2H3. The molecule has 3 atom stereocenters.